The SMILES string of the molecule is CCN(CC)CCNC(=O)CCc1nc(-c2ccccc2)c(-c2ccccc2)o1. The van der Waals surface area contributed by atoms with Crippen molar-refractivity contribution in [2.24, 2.45) is 0 Å². The monoisotopic (exact) mass is 391 g/mol. The molecule has 0 fully saturated rings. The Hall–Kier alpha value is -2.92. The van der Waals surface area contributed by atoms with Crippen LogP contribution in [-0.2, 0) is 11.2 Å². The largest absolute Gasteiger partial charge is 0.440 e. The van der Waals surface area contributed by atoms with Gasteiger partial charge in [-0.05, 0) is 13.1 Å². The van der Waals surface area contributed by atoms with Crippen molar-refractivity contribution in [1.82, 2.24) is 15.2 Å². The number of rotatable bonds is 10. The van der Waals surface area contributed by atoms with E-state index in [0.717, 1.165) is 42.2 Å². The average molecular weight is 392 g/mol. The Morgan fingerprint density at radius 3 is 2.21 bits per heavy atom. The highest BCUT2D eigenvalue weighted by atomic mass is 16.4. The van der Waals surface area contributed by atoms with Gasteiger partial charge in [-0.1, -0.05) is 74.5 Å². The van der Waals surface area contributed by atoms with E-state index in [2.05, 4.69) is 24.1 Å². The van der Waals surface area contributed by atoms with Gasteiger partial charge in [-0.3, -0.25) is 4.79 Å². The maximum absolute atomic E-state index is 12.2. The van der Waals surface area contributed by atoms with Crippen LogP contribution < -0.4 is 5.32 Å². The molecule has 1 amide bonds. The van der Waals surface area contributed by atoms with Crippen molar-refractivity contribution in [1.29, 1.82) is 0 Å². The van der Waals surface area contributed by atoms with Crippen molar-refractivity contribution < 1.29 is 9.21 Å². The third-order valence-electron chi connectivity index (χ3n) is 4.97. The number of nitrogens with one attached hydrogen (secondary N) is 1. The fourth-order valence-electron chi connectivity index (χ4n) is 3.25. The molecule has 29 heavy (non-hydrogen) atoms. The first-order chi connectivity index (χ1) is 14.2. The lowest BCUT2D eigenvalue weighted by atomic mass is 10.1. The minimum Gasteiger partial charge on any atom is -0.440 e. The highest BCUT2D eigenvalue weighted by Crippen LogP contribution is 2.32. The Kier molecular flexibility index (Phi) is 7.59. The number of carbonyl (C=O) groups excluding carboxylic acids is 1. The van der Waals surface area contributed by atoms with Gasteiger partial charge < -0.3 is 14.6 Å². The van der Waals surface area contributed by atoms with Crippen LogP contribution in [0.15, 0.2) is 65.1 Å². The number of likely N-dealkylation sites (N-methyl/N-ethyl adjacent to an activating group) is 1. The zero-order chi connectivity index (χ0) is 20.5. The van der Waals surface area contributed by atoms with Gasteiger partial charge in [0.2, 0.25) is 5.91 Å². The van der Waals surface area contributed by atoms with Crippen molar-refractivity contribution in [2.45, 2.75) is 26.7 Å². The molecule has 3 aromatic rings. The lowest BCUT2D eigenvalue weighted by molar-refractivity contribution is -0.121. The van der Waals surface area contributed by atoms with Crippen molar-refractivity contribution in [3.8, 4) is 22.6 Å². The third kappa shape index (κ3) is 5.78. The number of nitrogens with zero attached hydrogens (tertiary/aromatic N) is 2. The minimum absolute atomic E-state index is 0.0258. The van der Waals surface area contributed by atoms with Gasteiger partial charge in [0.25, 0.3) is 0 Å². The molecule has 0 aliphatic carbocycles. The lowest BCUT2D eigenvalue weighted by Gasteiger charge is -2.17. The first kappa shape index (κ1) is 20.8. The minimum atomic E-state index is 0.0258. The van der Waals surface area contributed by atoms with E-state index in [4.69, 9.17) is 9.40 Å². The number of amides is 1. The number of hydrogen-bond acceptors (Lipinski definition) is 4. The molecule has 0 aliphatic rings. The Morgan fingerprint density at radius 1 is 0.966 bits per heavy atom. The van der Waals surface area contributed by atoms with Crippen LogP contribution in [-0.4, -0.2) is 42.0 Å². The van der Waals surface area contributed by atoms with Gasteiger partial charge in [0.05, 0.1) is 0 Å². The number of hydrogen-bond donors (Lipinski definition) is 1. The fourth-order valence-corrected chi connectivity index (χ4v) is 3.25. The van der Waals surface area contributed by atoms with E-state index < -0.39 is 0 Å². The molecular weight excluding hydrogens is 362 g/mol. The first-order valence-electron chi connectivity index (χ1n) is 10.3. The fraction of sp³-hybridized carbons (Fsp3) is 0.333. The summed E-state index contributed by atoms with van der Waals surface area (Å²) >= 11 is 0. The summed E-state index contributed by atoms with van der Waals surface area (Å²) in [4.78, 5) is 19.2. The zero-order valence-electron chi connectivity index (χ0n) is 17.2. The second kappa shape index (κ2) is 10.6. The molecule has 5 heteroatoms. The number of carbonyl (C=O) groups is 1. The summed E-state index contributed by atoms with van der Waals surface area (Å²) in [6, 6.07) is 20.0. The number of oxazole rings is 1. The molecule has 0 radical (unpaired) electrons. The summed E-state index contributed by atoms with van der Waals surface area (Å²) in [6.07, 6.45) is 0.838. The molecule has 0 saturated carbocycles. The van der Waals surface area contributed by atoms with Gasteiger partial charge in [-0.2, -0.15) is 0 Å². The van der Waals surface area contributed by atoms with Crippen LogP contribution in [0.25, 0.3) is 22.6 Å². The van der Waals surface area contributed by atoms with Gasteiger partial charge in [-0.25, -0.2) is 4.98 Å². The molecule has 0 unspecified atom stereocenters. The van der Waals surface area contributed by atoms with Gasteiger partial charge in [-0.15, -0.1) is 0 Å². The number of aryl methyl sites for hydroxylation is 1. The molecule has 152 valence electrons. The molecule has 3 rings (SSSR count). The summed E-state index contributed by atoms with van der Waals surface area (Å²) in [5.41, 5.74) is 2.80. The topological polar surface area (TPSA) is 58.4 Å². The van der Waals surface area contributed by atoms with E-state index in [1.165, 1.54) is 0 Å². The molecule has 1 aromatic heterocycles. The number of benzene rings is 2. The summed E-state index contributed by atoms with van der Waals surface area (Å²) in [7, 11) is 0. The molecule has 1 heterocycles. The Morgan fingerprint density at radius 2 is 1.59 bits per heavy atom. The van der Waals surface area contributed by atoms with Gasteiger partial charge in [0, 0.05) is 37.1 Å². The molecule has 2 aromatic carbocycles. The van der Waals surface area contributed by atoms with Crippen LogP contribution in [0.4, 0.5) is 0 Å². The van der Waals surface area contributed by atoms with Crippen LogP contribution in [0.2, 0.25) is 0 Å². The van der Waals surface area contributed by atoms with Gasteiger partial charge in [0.15, 0.2) is 11.7 Å². The normalized spacial score (nSPS) is 11.0. The summed E-state index contributed by atoms with van der Waals surface area (Å²) < 4.78 is 6.08. The molecule has 0 saturated heterocycles. The van der Waals surface area contributed by atoms with Crippen molar-refractivity contribution in [2.75, 3.05) is 26.2 Å². The van der Waals surface area contributed by atoms with Crippen LogP contribution >= 0.6 is 0 Å². The Bertz CT molecular complexity index is 830. The molecule has 0 spiro atoms. The molecular formula is C24H29N3O2. The quantitative estimate of drug-likeness (QED) is 0.557. The van der Waals surface area contributed by atoms with Crippen molar-refractivity contribution in [3.63, 3.8) is 0 Å². The van der Waals surface area contributed by atoms with E-state index >= 15 is 0 Å². The van der Waals surface area contributed by atoms with E-state index in [1.807, 2.05) is 60.7 Å². The molecule has 0 aliphatic heterocycles. The highest BCUT2D eigenvalue weighted by molar-refractivity contribution is 5.77. The summed E-state index contributed by atoms with van der Waals surface area (Å²) in [6.45, 7) is 7.77. The summed E-state index contributed by atoms with van der Waals surface area (Å²) in [5, 5.41) is 2.99. The highest BCUT2D eigenvalue weighted by Gasteiger charge is 2.17. The van der Waals surface area contributed by atoms with Crippen LogP contribution in [0.5, 0.6) is 0 Å². The van der Waals surface area contributed by atoms with Crippen molar-refractivity contribution >= 4 is 5.91 Å². The van der Waals surface area contributed by atoms with Crippen molar-refractivity contribution in [3.05, 3.63) is 66.6 Å². The van der Waals surface area contributed by atoms with Gasteiger partial charge in [0.1, 0.15) is 5.69 Å². The Balaban J connectivity index is 1.67. The summed E-state index contributed by atoms with van der Waals surface area (Å²) in [5.74, 6) is 1.35. The van der Waals surface area contributed by atoms with Crippen LogP contribution in [0.3, 0.4) is 0 Å². The van der Waals surface area contributed by atoms with Crippen LogP contribution in [0, 0.1) is 0 Å². The predicted molar refractivity (Wildman–Crippen MR) is 116 cm³/mol. The molecule has 5 nitrogen and oxygen atoms in total. The van der Waals surface area contributed by atoms with E-state index in [9.17, 15) is 4.79 Å². The van der Waals surface area contributed by atoms with E-state index in [-0.39, 0.29) is 5.91 Å². The average Bonchev–Trinajstić information content (AvgIpc) is 3.21. The molecule has 0 bridgehead atoms. The van der Waals surface area contributed by atoms with E-state index in [0.29, 0.717) is 25.3 Å². The zero-order valence-corrected chi connectivity index (χ0v) is 17.2. The number of aromatic nitrogens is 1. The maximum Gasteiger partial charge on any atom is 0.220 e. The smallest absolute Gasteiger partial charge is 0.220 e. The third-order valence-corrected chi connectivity index (χ3v) is 4.97. The standard InChI is InChI=1S/C24H29N3O2/c1-3-27(4-2)18-17-25-21(28)15-16-22-26-23(19-11-7-5-8-12-19)24(29-22)20-13-9-6-10-14-20/h5-14H,3-4,15-18H2,1-2H3,(H,25,28). The maximum atomic E-state index is 12.2. The lowest BCUT2D eigenvalue weighted by Crippen LogP contribution is -2.34. The molecule has 0 atom stereocenters. The second-order valence-corrected chi connectivity index (χ2v) is 6.89. The Labute approximate surface area is 172 Å². The van der Waals surface area contributed by atoms with Crippen LogP contribution in [0.1, 0.15) is 26.2 Å². The molecule has 1 N–H and O–H groups in total. The first-order valence-corrected chi connectivity index (χ1v) is 10.3. The van der Waals surface area contributed by atoms with E-state index in [1.54, 1.807) is 0 Å². The van der Waals surface area contributed by atoms with Gasteiger partial charge >= 0.3 is 0 Å². The predicted octanol–water partition coefficient (Wildman–Crippen LogP) is 4.40. The second-order valence-electron chi connectivity index (χ2n) is 6.89.